The molecule has 0 saturated heterocycles. The maximum atomic E-state index is 5.06. The van der Waals surface area contributed by atoms with Crippen molar-refractivity contribution < 1.29 is 4.42 Å². The lowest BCUT2D eigenvalue weighted by molar-refractivity contribution is 0.571. The van der Waals surface area contributed by atoms with Crippen LogP contribution in [0.15, 0.2) is 16.9 Å². The molecule has 3 nitrogen and oxygen atoms in total. The van der Waals surface area contributed by atoms with Gasteiger partial charge in [0.1, 0.15) is 23.9 Å². The highest BCUT2D eigenvalue weighted by Crippen LogP contribution is 2.16. The Hall–Kier alpha value is -1.38. The van der Waals surface area contributed by atoms with Gasteiger partial charge in [-0.1, -0.05) is 6.92 Å². The van der Waals surface area contributed by atoms with Crippen LogP contribution < -0.4 is 0 Å². The van der Waals surface area contributed by atoms with Crippen LogP contribution in [0.3, 0.4) is 0 Å². The average molecular weight is 162 g/mol. The molecule has 0 radical (unpaired) electrons. The first-order chi connectivity index (χ1) is 5.81. The smallest absolute Gasteiger partial charge is 0.126 e. The third kappa shape index (κ3) is 0.978. The van der Waals surface area contributed by atoms with Crippen molar-refractivity contribution in [3.63, 3.8) is 0 Å². The number of aromatic nitrogens is 2. The van der Waals surface area contributed by atoms with E-state index in [1.807, 2.05) is 6.92 Å². The number of furan rings is 1. The van der Waals surface area contributed by atoms with Crippen LogP contribution in [-0.2, 0) is 6.42 Å². The van der Waals surface area contributed by atoms with Crippen molar-refractivity contribution in [2.45, 2.75) is 20.3 Å². The fraction of sp³-hybridized carbons (Fsp3) is 0.333. The molecule has 2 rings (SSSR count). The molecule has 0 aliphatic heterocycles. The zero-order chi connectivity index (χ0) is 8.55. The Balaban J connectivity index is 2.80. The van der Waals surface area contributed by atoms with Gasteiger partial charge >= 0.3 is 0 Å². The van der Waals surface area contributed by atoms with Crippen LogP contribution in [-0.4, -0.2) is 9.97 Å². The standard InChI is InChI=1S/C9H10N2O/c1-3-8-7-4-12-5-9(7)11-6(2)10-8/h4-5H,3H2,1-2H3. The third-order valence-electron chi connectivity index (χ3n) is 1.87. The fourth-order valence-electron chi connectivity index (χ4n) is 1.32. The largest absolute Gasteiger partial charge is 0.470 e. The van der Waals surface area contributed by atoms with E-state index in [1.54, 1.807) is 12.5 Å². The fourth-order valence-corrected chi connectivity index (χ4v) is 1.32. The zero-order valence-corrected chi connectivity index (χ0v) is 7.16. The monoisotopic (exact) mass is 162 g/mol. The highest BCUT2D eigenvalue weighted by molar-refractivity contribution is 5.79. The van der Waals surface area contributed by atoms with E-state index in [-0.39, 0.29) is 0 Å². The molecule has 0 spiro atoms. The van der Waals surface area contributed by atoms with E-state index in [0.717, 1.165) is 28.8 Å². The Morgan fingerprint density at radius 2 is 2.17 bits per heavy atom. The minimum Gasteiger partial charge on any atom is -0.470 e. The second-order valence-electron chi connectivity index (χ2n) is 2.74. The van der Waals surface area contributed by atoms with E-state index in [2.05, 4.69) is 16.9 Å². The highest BCUT2D eigenvalue weighted by atomic mass is 16.3. The zero-order valence-electron chi connectivity index (χ0n) is 7.16. The molecule has 2 aromatic heterocycles. The number of hydrogen-bond acceptors (Lipinski definition) is 3. The van der Waals surface area contributed by atoms with Gasteiger partial charge in [0, 0.05) is 0 Å². The van der Waals surface area contributed by atoms with Gasteiger partial charge in [-0.05, 0) is 13.3 Å². The van der Waals surface area contributed by atoms with Gasteiger partial charge in [0.05, 0.1) is 11.1 Å². The molecule has 0 unspecified atom stereocenters. The molecule has 0 amide bonds. The molecule has 0 atom stereocenters. The molecule has 0 fully saturated rings. The van der Waals surface area contributed by atoms with Gasteiger partial charge < -0.3 is 4.42 Å². The molecule has 62 valence electrons. The van der Waals surface area contributed by atoms with E-state index < -0.39 is 0 Å². The number of aryl methyl sites for hydroxylation is 2. The molecule has 12 heavy (non-hydrogen) atoms. The first kappa shape index (κ1) is 7.28. The summed E-state index contributed by atoms with van der Waals surface area (Å²) in [6.07, 6.45) is 4.27. The van der Waals surface area contributed by atoms with Crippen molar-refractivity contribution in [1.82, 2.24) is 9.97 Å². The number of hydrogen-bond donors (Lipinski definition) is 0. The summed E-state index contributed by atoms with van der Waals surface area (Å²) in [4.78, 5) is 8.56. The molecule has 0 aliphatic rings. The maximum Gasteiger partial charge on any atom is 0.126 e. The van der Waals surface area contributed by atoms with Crippen molar-refractivity contribution in [3.05, 3.63) is 24.0 Å². The van der Waals surface area contributed by atoms with Crippen molar-refractivity contribution in [1.29, 1.82) is 0 Å². The van der Waals surface area contributed by atoms with Crippen molar-refractivity contribution in [2.24, 2.45) is 0 Å². The summed E-state index contributed by atoms with van der Waals surface area (Å²) in [5.74, 6) is 0.806. The molecule has 2 heterocycles. The van der Waals surface area contributed by atoms with Gasteiger partial charge in [0.2, 0.25) is 0 Å². The van der Waals surface area contributed by atoms with Crippen molar-refractivity contribution in [2.75, 3.05) is 0 Å². The summed E-state index contributed by atoms with van der Waals surface area (Å²) in [6, 6.07) is 0. The molecule has 0 bridgehead atoms. The summed E-state index contributed by atoms with van der Waals surface area (Å²) in [5.41, 5.74) is 1.96. The van der Waals surface area contributed by atoms with Crippen LogP contribution in [0.1, 0.15) is 18.4 Å². The van der Waals surface area contributed by atoms with E-state index in [4.69, 9.17) is 4.42 Å². The molecule has 0 saturated carbocycles. The summed E-state index contributed by atoms with van der Waals surface area (Å²) in [7, 11) is 0. The molecular weight excluding hydrogens is 152 g/mol. The van der Waals surface area contributed by atoms with Gasteiger partial charge in [-0.25, -0.2) is 9.97 Å². The van der Waals surface area contributed by atoms with Gasteiger partial charge in [-0.3, -0.25) is 0 Å². The minimum absolute atomic E-state index is 0.806. The Bertz CT molecular complexity index is 406. The molecule has 0 N–H and O–H groups in total. The van der Waals surface area contributed by atoms with Crippen LogP contribution in [0, 0.1) is 6.92 Å². The second kappa shape index (κ2) is 2.59. The molecule has 3 heteroatoms. The van der Waals surface area contributed by atoms with E-state index in [1.165, 1.54) is 0 Å². The second-order valence-corrected chi connectivity index (χ2v) is 2.74. The van der Waals surface area contributed by atoms with E-state index in [0.29, 0.717) is 0 Å². The van der Waals surface area contributed by atoms with E-state index in [9.17, 15) is 0 Å². The maximum absolute atomic E-state index is 5.06. The quantitative estimate of drug-likeness (QED) is 0.644. The molecular formula is C9H10N2O. The lowest BCUT2D eigenvalue weighted by atomic mass is 10.2. The van der Waals surface area contributed by atoms with Gasteiger partial charge in [-0.2, -0.15) is 0 Å². The lowest BCUT2D eigenvalue weighted by Crippen LogP contribution is -1.93. The predicted molar refractivity (Wildman–Crippen MR) is 45.9 cm³/mol. The van der Waals surface area contributed by atoms with Crippen molar-refractivity contribution in [3.8, 4) is 0 Å². The first-order valence-electron chi connectivity index (χ1n) is 4.00. The summed E-state index contributed by atoms with van der Waals surface area (Å²) >= 11 is 0. The summed E-state index contributed by atoms with van der Waals surface area (Å²) < 4.78 is 5.06. The van der Waals surface area contributed by atoms with Crippen LogP contribution in [0.25, 0.3) is 10.9 Å². The topological polar surface area (TPSA) is 38.9 Å². The third-order valence-corrected chi connectivity index (χ3v) is 1.87. The Labute approximate surface area is 70.4 Å². The lowest BCUT2D eigenvalue weighted by Gasteiger charge is -1.98. The predicted octanol–water partition coefficient (Wildman–Crippen LogP) is 2.09. The summed E-state index contributed by atoms with van der Waals surface area (Å²) in [6.45, 7) is 3.97. The average Bonchev–Trinajstić information content (AvgIpc) is 2.50. The minimum atomic E-state index is 0.806. The highest BCUT2D eigenvalue weighted by Gasteiger charge is 2.04. The van der Waals surface area contributed by atoms with Gasteiger partial charge in [0.25, 0.3) is 0 Å². The number of fused-ring (bicyclic) bond motifs is 1. The molecule has 0 aromatic carbocycles. The van der Waals surface area contributed by atoms with E-state index >= 15 is 0 Å². The first-order valence-corrected chi connectivity index (χ1v) is 4.00. The summed E-state index contributed by atoms with van der Waals surface area (Å²) in [5, 5.41) is 1.03. The van der Waals surface area contributed by atoms with Crippen LogP contribution in [0.5, 0.6) is 0 Å². The van der Waals surface area contributed by atoms with Crippen LogP contribution in [0.2, 0.25) is 0 Å². The number of nitrogens with zero attached hydrogens (tertiary/aromatic N) is 2. The number of rotatable bonds is 1. The SMILES string of the molecule is CCc1nc(C)nc2cocc12. The van der Waals surface area contributed by atoms with Crippen LogP contribution >= 0.6 is 0 Å². The van der Waals surface area contributed by atoms with Gasteiger partial charge in [-0.15, -0.1) is 0 Å². The normalized spacial score (nSPS) is 10.8. The Morgan fingerprint density at radius 3 is 2.92 bits per heavy atom. The van der Waals surface area contributed by atoms with Crippen molar-refractivity contribution >= 4 is 10.9 Å². The molecule has 2 aromatic rings. The Morgan fingerprint density at radius 1 is 1.33 bits per heavy atom. The molecule has 0 aliphatic carbocycles. The van der Waals surface area contributed by atoms with Gasteiger partial charge in [0.15, 0.2) is 0 Å². The Kier molecular flexibility index (Phi) is 1.57. The van der Waals surface area contributed by atoms with Crippen LogP contribution in [0.4, 0.5) is 0 Å².